The highest BCUT2D eigenvalue weighted by atomic mass is 16.5. The summed E-state index contributed by atoms with van der Waals surface area (Å²) in [5.74, 6) is 0.792. The van der Waals surface area contributed by atoms with Crippen LogP contribution in [0.4, 0.5) is 0 Å². The predicted molar refractivity (Wildman–Crippen MR) is 101 cm³/mol. The van der Waals surface area contributed by atoms with Crippen LogP contribution in [-0.2, 0) is 6.42 Å². The standard InChI is InChI=1S/C22H22N2O2/c1-15-20(21(24-26-15)17-9-3-2-4-10-17)22(25)23-14-18-12-7-11-16-8-5-6-13-19(16)18/h2-6,8-10,13,18H,7,11-12,14H2,1H3,(H,23,25). The highest BCUT2D eigenvalue weighted by Gasteiger charge is 2.24. The molecule has 0 spiro atoms. The average molecular weight is 346 g/mol. The number of hydrogen-bond donors (Lipinski definition) is 1. The van der Waals surface area contributed by atoms with E-state index in [1.807, 2.05) is 30.3 Å². The summed E-state index contributed by atoms with van der Waals surface area (Å²) < 4.78 is 5.31. The maximum Gasteiger partial charge on any atom is 0.257 e. The molecule has 1 N–H and O–H groups in total. The zero-order valence-corrected chi connectivity index (χ0v) is 14.9. The number of carbonyl (C=O) groups excluding carboxylic acids is 1. The minimum atomic E-state index is -0.120. The van der Waals surface area contributed by atoms with E-state index in [1.54, 1.807) is 6.92 Å². The van der Waals surface area contributed by atoms with Gasteiger partial charge in [0.2, 0.25) is 0 Å². The molecule has 132 valence electrons. The van der Waals surface area contributed by atoms with Crippen LogP contribution in [0.25, 0.3) is 11.3 Å². The number of carbonyl (C=O) groups is 1. The molecule has 1 amide bonds. The second-order valence-electron chi connectivity index (χ2n) is 6.83. The van der Waals surface area contributed by atoms with Crippen molar-refractivity contribution in [1.82, 2.24) is 10.5 Å². The molecule has 2 aromatic carbocycles. The predicted octanol–water partition coefficient (Wildman–Crippen LogP) is 4.50. The molecule has 1 atom stereocenters. The van der Waals surface area contributed by atoms with E-state index in [4.69, 9.17) is 4.52 Å². The fourth-order valence-corrected chi connectivity index (χ4v) is 3.80. The van der Waals surface area contributed by atoms with Crippen LogP contribution in [0.15, 0.2) is 59.1 Å². The Morgan fingerprint density at radius 2 is 1.92 bits per heavy atom. The minimum absolute atomic E-state index is 0.120. The lowest BCUT2D eigenvalue weighted by molar-refractivity contribution is 0.0949. The summed E-state index contributed by atoms with van der Waals surface area (Å²) in [5, 5.41) is 7.21. The molecule has 26 heavy (non-hydrogen) atoms. The summed E-state index contributed by atoms with van der Waals surface area (Å²) in [7, 11) is 0. The van der Waals surface area contributed by atoms with Gasteiger partial charge in [0.1, 0.15) is 17.0 Å². The van der Waals surface area contributed by atoms with Crippen LogP contribution in [0.5, 0.6) is 0 Å². The van der Waals surface area contributed by atoms with Gasteiger partial charge in [-0.15, -0.1) is 0 Å². The first kappa shape index (κ1) is 16.6. The Balaban J connectivity index is 1.53. The molecular formula is C22H22N2O2. The molecule has 0 aliphatic heterocycles. The van der Waals surface area contributed by atoms with Gasteiger partial charge in [-0.3, -0.25) is 4.79 Å². The third kappa shape index (κ3) is 3.15. The number of aryl methyl sites for hydroxylation is 2. The lowest BCUT2D eigenvalue weighted by Crippen LogP contribution is -2.30. The first-order valence-corrected chi connectivity index (χ1v) is 9.11. The van der Waals surface area contributed by atoms with Crippen molar-refractivity contribution < 1.29 is 9.32 Å². The largest absolute Gasteiger partial charge is 0.360 e. The van der Waals surface area contributed by atoms with Crippen LogP contribution in [0.2, 0.25) is 0 Å². The molecular weight excluding hydrogens is 324 g/mol. The molecule has 0 saturated heterocycles. The first-order valence-electron chi connectivity index (χ1n) is 9.11. The van der Waals surface area contributed by atoms with Crippen molar-refractivity contribution in [2.45, 2.75) is 32.1 Å². The van der Waals surface area contributed by atoms with Gasteiger partial charge in [0.25, 0.3) is 5.91 Å². The Morgan fingerprint density at radius 1 is 1.15 bits per heavy atom. The van der Waals surface area contributed by atoms with Crippen LogP contribution < -0.4 is 5.32 Å². The van der Waals surface area contributed by atoms with Crippen LogP contribution in [-0.4, -0.2) is 17.6 Å². The van der Waals surface area contributed by atoms with Gasteiger partial charge in [-0.1, -0.05) is 59.8 Å². The Labute approximate surface area is 153 Å². The molecule has 3 aromatic rings. The normalized spacial score (nSPS) is 16.1. The molecule has 1 aromatic heterocycles. The second-order valence-corrected chi connectivity index (χ2v) is 6.83. The molecule has 0 bridgehead atoms. The van der Waals surface area contributed by atoms with Crippen molar-refractivity contribution >= 4 is 5.91 Å². The zero-order chi connectivity index (χ0) is 17.9. The number of nitrogens with zero attached hydrogens (tertiary/aromatic N) is 1. The zero-order valence-electron chi connectivity index (χ0n) is 14.9. The Hall–Kier alpha value is -2.88. The summed E-state index contributed by atoms with van der Waals surface area (Å²) >= 11 is 0. The first-order chi connectivity index (χ1) is 12.7. The molecule has 4 rings (SSSR count). The van der Waals surface area contributed by atoms with E-state index in [-0.39, 0.29) is 5.91 Å². The average Bonchev–Trinajstić information content (AvgIpc) is 3.08. The highest BCUT2D eigenvalue weighted by molar-refractivity contribution is 6.00. The van der Waals surface area contributed by atoms with Gasteiger partial charge in [0.05, 0.1) is 0 Å². The molecule has 4 heteroatoms. The fraction of sp³-hybridized carbons (Fsp3) is 0.273. The van der Waals surface area contributed by atoms with Crippen molar-refractivity contribution in [2.75, 3.05) is 6.54 Å². The quantitative estimate of drug-likeness (QED) is 0.757. The second kappa shape index (κ2) is 7.16. The Kier molecular flexibility index (Phi) is 4.57. The number of benzene rings is 2. The maximum atomic E-state index is 12.9. The number of fused-ring (bicyclic) bond motifs is 1. The minimum Gasteiger partial charge on any atom is -0.360 e. The Bertz CT molecular complexity index is 915. The molecule has 1 aliphatic rings. The lowest BCUT2D eigenvalue weighted by Gasteiger charge is -2.25. The fourth-order valence-electron chi connectivity index (χ4n) is 3.80. The van der Waals surface area contributed by atoms with Crippen LogP contribution in [0, 0.1) is 6.92 Å². The van der Waals surface area contributed by atoms with Crippen molar-refractivity contribution in [3.63, 3.8) is 0 Å². The highest BCUT2D eigenvalue weighted by Crippen LogP contribution is 2.31. The van der Waals surface area contributed by atoms with Crippen molar-refractivity contribution in [3.8, 4) is 11.3 Å². The number of rotatable bonds is 4. The number of nitrogens with one attached hydrogen (secondary N) is 1. The van der Waals surface area contributed by atoms with Gasteiger partial charge in [-0.25, -0.2) is 0 Å². The van der Waals surface area contributed by atoms with Gasteiger partial charge >= 0.3 is 0 Å². The maximum absolute atomic E-state index is 12.9. The van der Waals surface area contributed by atoms with Crippen molar-refractivity contribution in [2.24, 2.45) is 0 Å². The van der Waals surface area contributed by atoms with Gasteiger partial charge < -0.3 is 9.84 Å². The third-order valence-electron chi connectivity index (χ3n) is 5.14. The molecule has 4 nitrogen and oxygen atoms in total. The van der Waals surface area contributed by atoms with E-state index in [0.717, 1.165) is 18.4 Å². The third-order valence-corrected chi connectivity index (χ3v) is 5.14. The van der Waals surface area contributed by atoms with Crippen LogP contribution >= 0.6 is 0 Å². The molecule has 0 radical (unpaired) electrons. The van der Waals surface area contributed by atoms with E-state index >= 15 is 0 Å². The summed E-state index contributed by atoms with van der Waals surface area (Å²) in [6.45, 7) is 2.42. The van der Waals surface area contributed by atoms with E-state index in [2.05, 4.69) is 34.7 Å². The smallest absolute Gasteiger partial charge is 0.257 e. The molecule has 0 saturated carbocycles. The van der Waals surface area contributed by atoms with Gasteiger partial charge in [0.15, 0.2) is 0 Å². The van der Waals surface area contributed by atoms with E-state index < -0.39 is 0 Å². The van der Waals surface area contributed by atoms with Gasteiger partial charge in [0, 0.05) is 18.0 Å². The number of amides is 1. The van der Waals surface area contributed by atoms with Crippen LogP contribution in [0.3, 0.4) is 0 Å². The van der Waals surface area contributed by atoms with Gasteiger partial charge in [-0.05, 0) is 37.3 Å². The number of hydrogen-bond acceptors (Lipinski definition) is 3. The van der Waals surface area contributed by atoms with Crippen molar-refractivity contribution in [3.05, 3.63) is 77.0 Å². The SMILES string of the molecule is Cc1onc(-c2ccccc2)c1C(=O)NCC1CCCc2ccccc21. The van der Waals surface area contributed by atoms with E-state index in [0.29, 0.717) is 29.5 Å². The van der Waals surface area contributed by atoms with Gasteiger partial charge in [-0.2, -0.15) is 0 Å². The van der Waals surface area contributed by atoms with E-state index in [1.165, 1.54) is 17.5 Å². The summed E-state index contributed by atoms with van der Waals surface area (Å²) in [6, 6.07) is 18.2. The lowest BCUT2D eigenvalue weighted by atomic mass is 9.83. The number of aromatic nitrogens is 1. The monoisotopic (exact) mass is 346 g/mol. The molecule has 1 unspecified atom stereocenters. The van der Waals surface area contributed by atoms with Crippen LogP contribution in [0.1, 0.15) is 46.0 Å². The summed E-state index contributed by atoms with van der Waals surface area (Å²) in [6.07, 6.45) is 3.40. The van der Waals surface area contributed by atoms with Crippen molar-refractivity contribution in [1.29, 1.82) is 0 Å². The molecule has 0 fully saturated rings. The molecule has 1 aliphatic carbocycles. The topological polar surface area (TPSA) is 55.1 Å². The Morgan fingerprint density at radius 3 is 2.77 bits per heavy atom. The summed E-state index contributed by atoms with van der Waals surface area (Å²) in [4.78, 5) is 12.9. The summed E-state index contributed by atoms with van der Waals surface area (Å²) in [5.41, 5.74) is 4.79. The molecule has 1 heterocycles. The van der Waals surface area contributed by atoms with E-state index in [9.17, 15) is 4.79 Å².